The van der Waals surface area contributed by atoms with Gasteiger partial charge in [-0.25, -0.2) is 0 Å². The molecule has 0 radical (unpaired) electrons. The van der Waals surface area contributed by atoms with Crippen LogP contribution in [0.5, 0.6) is 17.2 Å². The van der Waals surface area contributed by atoms with E-state index >= 15 is 0 Å². The van der Waals surface area contributed by atoms with Crippen LogP contribution < -0.4 is 24.8 Å². The molecule has 0 amide bonds. The Labute approximate surface area is 129 Å². The molecule has 0 bridgehead atoms. The molecule has 5 heteroatoms. The van der Waals surface area contributed by atoms with Gasteiger partial charge in [-0.05, 0) is 42.8 Å². The second-order valence-corrected chi connectivity index (χ2v) is 5.39. The summed E-state index contributed by atoms with van der Waals surface area (Å²) in [5.74, 6) is 2.53. The number of hydrogen-bond acceptors (Lipinski definition) is 5. The normalized spacial score (nSPS) is 15.3. The molecule has 0 saturated carbocycles. The van der Waals surface area contributed by atoms with Crippen LogP contribution in [0.2, 0.25) is 0 Å². The van der Waals surface area contributed by atoms with E-state index < -0.39 is 0 Å². The minimum atomic E-state index is 0.294. The predicted molar refractivity (Wildman–Crippen MR) is 84.3 cm³/mol. The monoisotopic (exact) mass is 298 g/mol. The molecule has 0 atom stereocenters. The van der Waals surface area contributed by atoms with Crippen LogP contribution in [0.3, 0.4) is 0 Å². The third-order valence-corrected chi connectivity index (χ3v) is 4.11. The molecule has 0 aromatic heterocycles. The molecule has 0 aliphatic carbocycles. The number of hydrogen-bond donors (Lipinski definition) is 2. The summed E-state index contributed by atoms with van der Waals surface area (Å²) in [5, 5.41) is 6.89. The van der Waals surface area contributed by atoms with Crippen molar-refractivity contribution < 1.29 is 14.2 Å². The molecule has 2 aliphatic rings. The number of ether oxygens (including phenoxy) is 3. The SMILES string of the molecule is COc1ccc(Nc2ccc3c(c2)OCO3)c2c1CNCC2. The largest absolute Gasteiger partial charge is 0.496 e. The summed E-state index contributed by atoms with van der Waals surface area (Å²) >= 11 is 0. The standard InChI is InChI=1S/C17H18N2O3/c1-20-15-5-3-14(12-6-7-18-9-13(12)15)19-11-2-4-16-17(8-11)22-10-21-16/h2-5,8,18-19H,6-7,9-10H2,1H3. The van der Waals surface area contributed by atoms with Crippen molar-refractivity contribution in [2.45, 2.75) is 13.0 Å². The Hall–Kier alpha value is -2.40. The van der Waals surface area contributed by atoms with E-state index in [0.29, 0.717) is 6.79 Å². The first-order valence-electron chi connectivity index (χ1n) is 7.41. The lowest BCUT2D eigenvalue weighted by atomic mass is 9.97. The zero-order chi connectivity index (χ0) is 14.9. The van der Waals surface area contributed by atoms with Crippen LogP contribution in [-0.2, 0) is 13.0 Å². The van der Waals surface area contributed by atoms with E-state index in [4.69, 9.17) is 14.2 Å². The quantitative estimate of drug-likeness (QED) is 0.912. The van der Waals surface area contributed by atoms with Crippen LogP contribution in [0.1, 0.15) is 11.1 Å². The molecule has 22 heavy (non-hydrogen) atoms. The fraction of sp³-hybridized carbons (Fsp3) is 0.294. The van der Waals surface area contributed by atoms with E-state index in [1.807, 2.05) is 24.3 Å². The first-order valence-corrected chi connectivity index (χ1v) is 7.41. The van der Waals surface area contributed by atoms with Gasteiger partial charge in [0.25, 0.3) is 0 Å². The second-order valence-electron chi connectivity index (χ2n) is 5.39. The van der Waals surface area contributed by atoms with Gasteiger partial charge >= 0.3 is 0 Å². The number of methoxy groups -OCH3 is 1. The molecular formula is C17H18N2O3. The van der Waals surface area contributed by atoms with Gasteiger partial charge in [-0.15, -0.1) is 0 Å². The summed E-state index contributed by atoms with van der Waals surface area (Å²) in [5.41, 5.74) is 4.67. The van der Waals surface area contributed by atoms with E-state index in [9.17, 15) is 0 Å². The highest BCUT2D eigenvalue weighted by atomic mass is 16.7. The Morgan fingerprint density at radius 3 is 2.91 bits per heavy atom. The van der Waals surface area contributed by atoms with E-state index in [0.717, 1.165) is 48.1 Å². The summed E-state index contributed by atoms with van der Waals surface area (Å²) in [6.45, 7) is 2.12. The summed E-state index contributed by atoms with van der Waals surface area (Å²) in [6.07, 6.45) is 0.986. The average molecular weight is 298 g/mol. The fourth-order valence-corrected chi connectivity index (χ4v) is 3.02. The molecule has 2 N–H and O–H groups in total. The molecule has 4 rings (SSSR count). The zero-order valence-corrected chi connectivity index (χ0v) is 12.4. The Bertz CT molecular complexity index is 715. The molecule has 2 aromatic rings. The molecule has 2 heterocycles. The van der Waals surface area contributed by atoms with Crippen molar-refractivity contribution in [3.05, 3.63) is 41.5 Å². The second kappa shape index (κ2) is 5.42. The summed E-state index contributed by atoms with van der Waals surface area (Å²) < 4.78 is 16.3. The molecule has 114 valence electrons. The van der Waals surface area contributed by atoms with Gasteiger partial charge in [0.1, 0.15) is 5.75 Å². The number of nitrogens with one attached hydrogen (secondary N) is 2. The van der Waals surface area contributed by atoms with Crippen molar-refractivity contribution in [1.29, 1.82) is 0 Å². The van der Waals surface area contributed by atoms with E-state index in [2.05, 4.69) is 16.7 Å². The van der Waals surface area contributed by atoms with E-state index in [1.165, 1.54) is 11.1 Å². The maximum Gasteiger partial charge on any atom is 0.231 e. The molecule has 0 spiro atoms. The zero-order valence-electron chi connectivity index (χ0n) is 12.4. The average Bonchev–Trinajstić information content (AvgIpc) is 3.03. The lowest BCUT2D eigenvalue weighted by Crippen LogP contribution is -2.24. The first-order chi connectivity index (χ1) is 10.8. The van der Waals surface area contributed by atoms with Crippen LogP contribution in [0, 0.1) is 0 Å². The molecule has 0 saturated heterocycles. The maximum absolute atomic E-state index is 5.47. The molecule has 5 nitrogen and oxygen atoms in total. The van der Waals surface area contributed by atoms with Gasteiger partial charge in [-0.1, -0.05) is 0 Å². The Morgan fingerprint density at radius 1 is 1.09 bits per heavy atom. The highest BCUT2D eigenvalue weighted by Gasteiger charge is 2.18. The van der Waals surface area contributed by atoms with Crippen molar-refractivity contribution in [1.82, 2.24) is 5.32 Å². The Balaban J connectivity index is 1.68. The van der Waals surface area contributed by atoms with Crippen molar-refractivity contribution >= 4 is 11.4 Å². The van der Waals surface area contributed by atoms with Crippen molar-refractivity contribution in [3.63, 3.8) is 0 Å². The molecule has 2 aliphatic heterocycles. The molecular weight excluding hydrogens is 280 g/mol. The summed E-state index contributed by atoms with van der Waals surface area (Å²) in [4.78, 5) is 0. The summed E-state index contributed by atoms with van der Waals surface area (Å²) in [7, 11) is 1.72. The van der Waals surface area contributed by atoms with Crippen LogP contribution >= 0.6 is 0 Å². The highest BCUT2D eigenvalue weighted by molar-refractivity contribution is 5.69. The lowest BCUT2D eigenvalue weighted by molar-refractivity contribution is 0.174. The smallest absolute Gasteiger partial charge is 0.231 e. The molecule has 2 aromatic carbocycles. The molecule has 0 unspecified atom stereocenters. The first kappa shape index (κ1) is 13.3. The fourth-order valence-electron chi connectivity index (χ4n) is 3.02. The van der Waals surface area contributed by atoms with Crippen LogP contribution in [0.25, 0.3) is 0 Å². The Morgan fingerprint density at radius 2 is 2.00 bits per heavy atom. The van der Waals surface area contributed by atoms with Gasteiger partial charge in [-0.2, -0.15) is 0 Å². The minimum Gasteiger partial charge on any atom is -0.496 e. The maximum atomic E-state index is 5.47. The number of benzene rings is 2. The van der Waals surface area contributed by atoms with Crippen LogP contribution in [0.4, 0.5) is 11.4 Å². The summed E-state index contributed by atoms with van der Waals surface area (Å²) in [6, 6.07) is 10.0. The van der Waals surface area contributed by atoms with Gasteiger partial charge in [0, 0.05) is 29.5 Å². The van der Waals surface area contributed by atoms with Crippen LogP contribution in [-0.4, -0.2) is 20.4 Å². The number of rotatable bonds is 3. The van der Waals surface area contributed by atoms with Gasteiger partial charge in [0.05, 0.1) is 7.11 Å². The van der Waals surface area contributed by atoms with Crippen LogP contribution in [0.15, 0.2) is 30.3 Å². The van der Waals surface area contributed by atoms with Gasteiger partial charge in [-0.3, -0.25) is 0 Å². The minimum absolute atomic E-state index is 0.294. The van der Waals surface area contributed by atoms with Crippen molar-refractivity contribution in [2.75, 3.05) is 25.8 Å². The van der Waals surface area contributed by atoms with Crippen molar-refractivity contribution in [2.24, 2.45) is 0 Å². The van der Waals surface area contributed by atoms with Gasteiger partial charge in [0.2, 0.25) is 6.79 Å². The third-order valence-electron chi connectivity index (χ3n) is 4.11. The van der Waals surface area contributed by atoms with E-state index in [-0.39, 0.29) is 0 Å². The van der Waals surface area contributed by atoms with Crippen molar-refractivity contribution in [3.8, 4) is 17.2 Å². The predicted octanol–water partition coefficient (Wildman–Crippen LogP) is 2.81. The third kappa shape index (κ3) is 2.23. The topological polar surface area (TPSA) is 51.8 Å². The van der Waals surface area contributed by atoms with Gasteiger partial charge in [0.15, 0.2) is 11.5 Å². The number of fused-ring (bicyclic) bond motifs is 2. The Kier molecular flexibility index (Phi) is 3.27. The molecule has 0 fully saturated rings. The number of anilines is 2. The highest BCUT2D eigenvalue weighted by Crippen LogP contribution is 2.37. The van der Waals surface area contributed by atoms with E-state index in [1.54, 1.807) is 7.11 Å². The van der Waals surface area contributed by atoms with Gasteiger partial charge < -0.3 is 24.8 Å². The lowest BCUT2D eigenvalue weighted by Gasteiger charge is -2.23.